The molecule has 3 amide bonds. The molecule has 3 aromatic rings. The van der Waals surface area contributed by atoms with Gasteiger partial charge in [0.25, 0.3) is 0 Å². The predicted molar refractivity (Wildman–Crippen MR) is 107 cm³/mol. The van der Waals surface area contributed by atoms with Crippen molar-refractivity contribution < 1.29 is 14.3 Å². The van der Waals surface area contributed by atoms with Gasteiger partial charge < -0.3 is 15.0 Å². The van der Waals surface area contributed by atoms with E-state index in [1.165, 1.54) is 0 Å². The Morgan fingerprint density at radius 3 is 2.37 bits per heavy atom. The fourth-order valence-corrected chi connectivity index (χ4v) is 2.72. The summed E-state index contributed by atoms with van der Waals surface area (Å²) in [6.45, 7) is 0.0639. The average Bonchev–Trinajstić information content (AvgIpc) is 2.68. The lowest BCUT2D eigenvalue weighted by molar-refractivity contribution is -0.118. The van der Waals surface area contributed by atoms with Crippen LogP contribution in [0.25, 0.3) is 10.8 Å². The van der Waals surface area contributed by atoms with Gasteiger partial charge in [0.05, 0.1) is 13.7 Å². The Bertz CT molecular complexity index is 954. The first kappa shape index (κ1) is 18.3. The van der Waals surface area contributed by atoms with Crippen molar-refractivity contribution in [1.29, 1.82) is 0 Å². The van der Waals surface area contributed by atoms with Crippen molar-refractivity contribution in [3.05, 3.63) is 66.7 Å². The van der Waals surface area contributed by atoms with Gasteiger partial charge >= 0.3 is 6.03 Å². The number of methoxy groups -OCH3 is 1. The fourth-order valence-electron chi connectivity index (χ4n) is 2.72. The topological polar surface area (TPSA) is 70.7 Å². The number of urea groups is 1. The van der Waals surface area contributed by atoms with Gasteiger partial charge in [-0.3, -0.25) is 10.1 Å². The number of anilines is 2. The van der Waals surface area contributed by atoms with Crippen molar-refractivity contribution in [2.75, 3.05) is 30.9 Å². The monoisotopic (exact) mass is 363 g/mol. The van der Waals surface area contributed by atoms with E-state index in [0.29, 0.717) is 11.4 Å². The van der Waals surface area contributed by atoms with E-state index in [4.69, 9.17) is 4.74 Å². The molecule has 0 heterocycles. The molecule has 0 aliphatic rings. The van der Waals surface area contributed by atoms with E-state index in [1.807, 2.05) is 49.5 Å². The molecule has 138 valence electrons. The lowest BCUT2D eigenvalue weighted by atomic mass is 10.1. The Morgan fingerprint density at radius 1 is 0.963 bits per heavy atom. The molecule has 0 aromatic heterocycles. The van der Waals surface area contributed by atoms with Gasteiger partial charge in [-0.2, -0.15) is 0 Å². The van der Waals surface area contributed by atoms with E-state index < -0.39 is 11.9 Å². The van der Waals surface area contributed by atoms with Crippen molar-refractivity contribution in [2.45, 2.75) is 0 Å². The molecule has 3 rings (SSSR count). The number of imide groups is 1. The van der Waals surface area contributed by atoms with Gasteiger partial charge in [0.1, 0.15) is 5.75 Å². The fraction of sp³-hybridized carbons (Fsp3) is 0.143. The lowest BCUT2D eigenvalue weighted by Crippen LogP contribution is -2.40. The normalized spacial score (nSPS) is 10.3. The van der Waals surface area contributed by atoms with Crippen molar-refractivity contribution in [3.8, 4) is 5.75 Å². The summed E-state index contributed by atoms with van der Waals surface area (Å²) in [5, 5.41) is 7.18. The number of nitrogens with zero attached hydrogens (tertiary/aromatic N) is 1. The van der Waals surface area contributed by atoms with Crippen LogP contribution in [0.2, 0.25) is 0 Å². The van der Waals surface area contributed by atoms with Crippen LogP contribution in [0.5, 0.6) is 5.75 Å². The standard InChI is InChI=1S/C21H21N3O3/c1-24(18-10-7-15-5-3-4-6-16(15)13-18)14-20(25)23-21(26)22-17-8-11-19(27-2)12-9-17/h3-13H,14H2,1-2H3,(H2,22,23,25,26). The number of likely N-dealkylation sites (N-methyl/N-ethyl adjacent to an activating group) is 1. The largest absolute Gasteiger partial charge is 0.497 e. The lowest BCUT2D eigenvalue weighted by Gasteiger charge is -2.19. The highest BCUT2D eigenvalue weighted by Gasteiger charge is 2.12. The number of rotatable bonds is 5. The number of carbonyl (C=O) groups is 2. The third kappa shape index (κ3) is 4.76. The summed E-state index contributed by atoms with van der Waals surface area (Å²) in [6, 6.07) is 20.3. The molecule has 0 bridgehead atoms. The van der Waals surface area contributed by atoms with E-state index in [9.17, 15) is 9.59 Å². The highest BCUT2D eigenvalue weighted by molar-refractivity contribution is 6.02. The Balaban J connectivity index is 1.56. The number of carbonyl (C=O) groups excluding carboxylic acids is 2. The minimum atomic E-state index is -0.572. The Morgan fingerprint density at radius 2 is 1.67 bits per heavy atom. The van der Waals surface area contributed by atoms with Gasteiger partial charge in [0.15, 0.2) is 0 Å². The maximum absolute atomic E-state index is 12.2. The first-order valence-electron chi connectivity index (χ1n) is 8.50. The SMILES string of the molecule is COc1ccc(NC(=O)NC(=O)CN(C)c2ccc3ccccc3c2)cc1. The molecule has 0 radical (unpaired) electrons. The molecule has 0 spiro atoms. The van der Waals surface area contributed by atoms with Gasteiger partial charge in [-0.05, 0) is 47.2 Å². The molecule has 0 aliphatic heterocycles. The number of ether oxygens (including phenoxy) is 1. The highest BCUT2D eigenvalue weighted by Crippen LogP contribution is 2.21. The number of nitrogens with one attached hydrogen (secondary N) is 2. The molecule has 6 heteroatoms. The minimum Gasteiger partial charge on any atom is -0.497 e. The molecular formula is C21H21N3O3. The van der Waals surface area contributed by atoms with Crippen LogP contribution in [-0.2, 0) is 4.79 Å². The van der Waals surface area contributed by atoms with Gasteiger partial charge in [0.2, 0.25) is 5.91 Å². The maximum atomic E-state index is 12.2. The van der Waals surface area contributed by atoms with Gasteiger partial charge in [-0.1, -0.05) is 30.3 Å². The van der Waals surface area contributed by atoms with E-state index >= 15 is 0 Å². The number of benzene rings is 3. The summed E-state index contributed by atoms with van der Waals surface area (Å²) in [7, 11) is 3.38. The van der Waals surface area contributed by atoms with Crippen LogP contribution >= 0.6 is 0 Å². The summed E-state index contributed by atoms with van der Waals surface area (Å²) in [4.78, 5) is 25.9. The van der Waals surface area contributed by atoms with Crippen LogP contribution in [0.3, 0.4) is 0 Å². The van der Waals surface area contributed by atoms with Crippen LogP contribution in [0.15, 0.2) is 66.7 Å². The molecule has 27 heavy (non-hydrogen) atoms. The molecule has 3 aromatic carbocycles. The zero-order valence-corrected chi connectivity index (χ0v) is 15.2. The second-order valence-corrected chi connectivity index (χ2v) is 6.12. The quantitative estimate of drug-likeness (QED) is 0.726. The molecule has 0 atom stereocenters. The van der Waals surface area contributed by atoms with Crippen LogP contribution in [0, 0.1) is 0 Å². The van der Waals surface area contributed by atoms with E-state index in [1.54, 1.807) is 36.3 Å². The first-order valence-corrected chi connectivity index (χ1v) is 8.50. The second-order valence-electron chi connectivity index (χ2n) is 6.12. The van der Waals surface area contributed by atoms with Crippen molar-refractivity contribution >= 4 is 34.1 Å². The molecule has 0 unspecified atom stereocenters. The minimum absolute atomic E-state index is 0.0639. The third-order valence-electron chi connectivity index (χ3n) is 4.16. The van der Waals surface area contributed by atoms with Crippen molar-refractivity contribution in [2.24, 2.45) is 0 Å². The van der Waals surface area contributed by atoms with Crippen LogP contribution < -0.4 is 20.3 Å². The summed E-state index contributed by atoms with van der Waals surface area (Å²) in [5.41, 5.74) is 1.48. The average molecular weight is 363 g/mol. The molecule has 0 saturated carbocycles. The van der Waals surface area contributed by atoms with E-state index in [0.717, 1.165) is 16.5 Å². The maximum Gasteiger partial charge on any atom is 0.325 e. The first-order chi connectivity index (χ1) is 13.0. The number of hydrogen-bond donors (Lipinski definition) is 2. The Labute approximate surface area is 157 Å². The number of fused-ring (bicyclic) bond motifs is 1. The molecule has 0 saturated heterocycles. The highest BCUT2D eigenvalue weighted by atomic mass is 16.5. The zero-order chi connectivity index (χ0) is 19.2. The van der Waals surface area contributed by atoms with Crippen LogP contribution in [0.1, 0.15) is 0 Å². The molecule has 0 aliphatic carbocycles. The number of hydrogen-bond acceptors (Lipinski definition) is 4. The van der Waals surface area contributed by atoms with E-state index in [2.05, 4.69) is 10.6 Å². The summed E-state index contributed by atoms with van der Waals surface area (Å²) in [6.07, 6.45) is 0. The molecule has 2 N–H and O–H groups in total. The van der Waals surface area contributed by atoms with Crippen molar-refractivity contribution in [1.82, 2.24) is 5.32 Å². The number of amides is 3. The Hall–Kier alpha value is -3.54. The Kier molecular flexibility index (Phi) is 5.56. The summed E-state index contributed by atoms with van der Waals surface area (Å²) >= 11 is 0. The van der Waals surface area contributed by atoms with Crippen molar-refractivity contribution in [3.63, 3.8) is 0 Å². The summed E-state index contributed by atoms with van der Waals surface area (Å²) in [5.74, 6) is 0.297. The molecular weight excluding hydrogens is 342 g/mol. The summed E-state index contributed by atoms with van der Waals surface area (Å²) < 4.78 is 5.06. The third-order valence-corrected chi connectivity index (χ3v) is 4.16. The zero-order valence-electron chi connectivity index (χ0n) is 15.2. The van der Waals surface area contributed by atoms with E-state index in [-0.39, 0.29) is 6.54 Å². The molecule has 6 nitrogen and oxygen atoms in total. The smallest absolute Gasteiger partial charge is 0.325 e. The van der Waals surface area contributed by atoms with Gasteiger partial charge in [-0.25, -0.2) is 4.79 Å². The predicted octanol–water partition coefficient (Wildman–Crippen LogP) is 3.63. The second kappa shape index (κ2) is 8.23. The van der Waals surface area contributed by atoms with Gasteiger partial charge in [-0.15, -0.1) is 0 Å². The van der Waals surface area contributed by atoms with Crippen LogP contribution in [-0.4, -0.2) is 32.6 Å². The van der Waals surface area contributed by atoms with Gasteiger partial charge in [0, 0.05) is 18.4 Å². The molecule has 0 fully saturated rings. The van der Waals surface area contributed by atoms with Crippen LogP contribution in [0.4, 0.5) is 16.2 Å².